The van der Waals surface area contributed by atoms with Crippen molar-refractivity contribution in [3.05, 3.63) is 35.4 Å². The minimum atomic E-state index is 0.342. The summed E-state index contributed by atoms with van der Waals surface area (Å²) in [5, 5.41) is 0.342. The zero-order valence-corrected chi connectivity index (χ0v) is 10.2. The summed E-state index contributed by atoms with van der Waals surface area (Å²) in [4.78, 5) is 0. The second kappa shape index (κ2) is 5.45. The monoisotopic (exact) mass is 208 g/mol. The van der Waals surface area contributed by atoms with Gasteiger partial charge in [0.2, 0.25) is 0 Å². The van der Waals surface area contributed by atoms with Gasteiger partial charge in [-0.1, -0.05) is 38.1 Å². The molecule has 0 amide bonds. The molecule has 0 aliphatic heterocycles. The zero-order chi connectivity index (χ0) is 10.6. The van der Waals surface area contributed by atoms with Crippen molar-refractivity contribution in [1.82, 2.24) is 0 Å². The maximum Gasteiger partial charge on any atom is 0.0238 e. The summed E-state index contributed by atoms with van der Waals surface area (Å²) in [5.41, 5.74) is 2.77. The highest BCUT2D eigenvalue weighted by Crippen LogP contribution is 2.20. The van der Waals surface area contributed by atoms with Gasteiger partial charge in [0.15, 0.2) is 0 Å². The Labute approximate surface area is 93.1 Å². The van der Waals surface area contributed by atoms with E-state index in [1.807, 2.05) is 0 Å². The highest BCUT2D eigenvalue weighted by atomic mass is 32.1. The van der Waals surface area contributed by atoms with Gasteiger partial charge in [-0.15, -0.1) is 0 Å². The fourth-order valence-electron chi connectivity index (χ4n) is 1.46. The predicted molar refractivity (Wildman–Crippen MR) is 67.0 cm³/mol. The standard InChI is InChI=1S/C13H20S/c1-10(2)7-8-12-5-4-6-13(9-12)11(3)14/h4-6,9-11,14H,7-8H2,1-3H3. The number of rotatable bonds is 4. The molecule has 0 heterocycles. The molecule has 1 unspecified atom stereocenters. The van der Waals surface area contributed by atoms with Gasteiger partial charge >= 0.3 is 0 Å². The molecule has 1 aromatic rings. The third kappa shape index (κ3) is 3.75. The molecule has 78 valence electrons. The summed E-state index contributed by atoms with van der Waals surface area (Å²) >= 11 is 4.44. The minimum absolute atomic E-state index is 0.342. The van der Waals surface area contributed by atoms with Crippen LogP contribution in [0, 0.1) is 5.92 Å². The van der Waals surface area contributed by atoms with Gasteiger partial charge in [0.05, 0.1) is 0 Å². The highest BCUT2D eigenvalue weighted by molar-refractivity contribution is 7.80. The lowest BCUT2D eigenvalue weighted by Crippen LogP contribution is -1.93. The van der Waals surface area contributed by atoms with Gasteiger partial charge in [-0.05, 0) is 36.8 Å². The molecule has 0 fully saturated rings. The summed E-state index contributed by atoms with van der Waals surface area (Å²) < 4.78 is 0. The van der Waals surface area contributed by atoms with Crippen LogP contribution in [0.25, 0.3) is 0 Å². The molecule has 0 aliphatic rings. The van der Waals surface area contributed by atoms with E-state index < -0.39 is 0 Å². The van der Waals surface area contributed by atoms with Crippen LogP contribution in [0.3, 0.4) is 0 Å². The van der Waals surface area contributed by atoms with Crippen LogP contribution in [0.1, 0.15) is 43.6 Å². The molecule has 1 atom stereocenters. The maximum atomic E-state index is 4.44. The topological polar surface area (TPSA) is 0 Å². The van der Waals surface area contributed by atoms with Crippen LogP contribution in [-0.4, -0.2) is 0 Å². The van der Waals surface area contributed by atoms with Gasteiger partial charge in [-0.2, -0.15) is 12.6 Å². The highest BCUT2D eigenvalue weighted by Gasteiger charge is 2.01. The number of hydrogen-bond donors (Lipinski definition) is 1. The number of aryl methyl sites for hydroxylation is 1. The molecule has 0 saturated carbocycles. The first-order chi connectivity index (χ1) is 6.59. The lowest BCUT2D eigenvalue weighted by Gasteiger charge is -2.08. The smallest absolute Gasteiger partial charge is 0.0238 e. The summed E-state index contributed by atoms with van der Waals surface area (Å²) in [6, 6.07) is 8.77. The second-order valence-corrected chi connectivity index (χ2v) is 5.13. The van der Waals surface area contributed by atoms with E-state index in [0.717, 1.165) is 5.92 Å². The minimum Gasteiger partial charge on any atom is -0.171 e. The van der Waals surface area contributed by atoms with E-state index in [1.165, 1.54) is 24.0 Å². The second-order valence-electron chi connectivity index (χ2n) is 4.35. The molecule has 0 N–H and O–H groups in total. The average Bonchev–Trinajstić information content (AvgIpc) is 2.15. The maximum absolute atomic E-state index is 4.44. The fourth-order valence-corrected chi connectivity index (χ4v) is 1.62. The van der Waals surface area contributed by atoms with E-state index in [0.29, 0.717) is 5.25 Å². The molecule has 0 aliphatic carbocycles. The normalized spacial score (nSPS) is 13.2. The van der Waals surface area contributed by atoms with Gasteiger partial charge in [-0.25, -0.2) is 0 Å². The molecule has 0 bridgehead atoms. The van der Waals surface area contributed by atoms with Gasteiger partial charge in [0.1, 0.15) is 0 Å². The zero-order valence-electron chi connectivity index (χ0n) is 9.33. The molecule has 14 heavy (non-hydrogen) atoms. The van der Waals surface area contributed by atoms with Crippen LogP contribution in [0.5, 0.6) is 0 Å². The number of benzene rings is 1. The third-order valence-electron chi connectivity index (χ3n) is 2.44. The Hall–Kier alpha value is -0.430. The number of hydrogen-bond acceptors (Lipinski definition) is 1. The first-order valence-corrected chi connectivity index (χ1v) is 5.88. The van der Waals surface area contributed by atoms with E-state index in [-0.39, 0.29) is 0 Å². The molecule has 1 heteroatoms. The SMILES string of the molecule is CC(C)CCc1cccc(C(C)S)c1. The predicted octanol–water partition coefficient (Wildman–Crippen LogP) is 4.27. The Morgan fingerprint density at radius 2 is 1.93 bits per heavy atom. The van der Waals surface area contributed by atoms with Crippen molar-refractivity contribution in [2.24, 2.45) is 5.92 Å². The third-order valence-corrected chi connectivity index (χ3v) is 2.74. The first kappa shape index (κ1) is 11.6. The largest absolute Gasteiger partial charge is 0.171 e. The average molecular weight is 208 g/mol. The van der Waals surface area contributed by atoms with Crippen LogP contribution < -0.4 is 0 Å². The van der Waals surface area contributed by atoms with Crippen LogP contribution in [0.2, 0.25) is 0 Å². The van der Waals surface area contributed by atoms with Crippen molar-refractivity contribution >= 4 is 12.6 Å². The van der Waals surface area contributed by atoms with Crippen molar-refractivity contribution in [3.8, 4) is 0 Å². The van der Waals surface area contributed by atoms with Crippen molar-refractivity contribution in [1.29, 1.82) is 0 Å². The van der Waals surface area contributed by atoms with Crippen molar-refractivity contribution in [3.63, 3.8) is 0 Å². The molecule has 0 aromatic heterocycles. The van der Waals surface area contributed by atoms with E-state index in [2.05, 4.69) is 57.7 Å². The summed E-state index contributed by atoms with van der Waals surface area (Å²) in [6.07, 6.45) is 2.45. The lowest BCUT2D eigenvalue weighted by molar-refractivity contribution is 0.586. The van der Waals surface area contributed by atoms with Crippen LogP contribution >= 0.6 is 12.6 Å². The Morgan fingerprint density at radius 3 is 2.50 bits per heavy atom. The van der Waals surface area contributed by atoms with Gasteiger partial charge in [-0.3, -0.25) is 0 Å². The Balaban J connectivity index is 2.64. The van der Waals surface area contributed by atoms with Crippen molar-refractivity contribution < 1.29 is 0 Å². The number of thiol groups is 1. The van der Waals surface area contributed by atoms with E-state index in [9.17, 15) is 0 Å². The van der Waals surface area contributed by atoms with Gasteiger partial charge < -0.3 is 0 Å². The lowest BCUT2D eigenvalue weighted by atomic mass is 10.0. The molecular weight excluding hydrogens is 188 g/mol. The Morgan fingerprint density at radius 1 is 1.21 bits per heavy atom. The summed E-state index contributed by atoms with van der Waals surface area (Å²) in [7, 11) is 0. The Bertz CT molecular complexity index is 276. The molecule has 0 spiro atoms. The van der Waals surface area contributed by atoms with E-state index >= 15 is 0 Å². The molecular formula is C13H20S. The van der Waals surface area contributed by atoms with Crippen LogP contribution in [0.15, 0.2) is 24.3 Å². The van der Waals surface area contributed by atoms with E-state index in [1.54, 1.807) is 0 Å². The van der Waals surface area contributed by atoms with Crippen LogP contribution in [0.4, 0.5) is 0 Å². The Kier molecular flexibility index (Phi) is 4.53. The summed E-state index contributed by atoms with van der Waals surface area (Å²) in [6.45, 7) is 6.65. The quantitative estimate of drug-likeness (QED) is 0.702. The van der Waals surface area contributed by atoms with E-state index in [4.69, 9.17) is 0 Å². The van der Waals surface area contributed by atoms with Crippen molar-refractivity contribution in [2.75, 3.05) is 0 Å². The first-order valence-electron chi connectivity index (χ1n) is 5.36. The molecule has 0 nitrogen and oxygen atoms in total. The molecule has 0 saturated heterocycles. The van der Waals surface area contributed by atoms with Crippen molar-refractivity contribution in [2.45, 2.75) is 38.9 Å². The van der Waals surface area contributed by atoms with Gasteiger partial charge in [0, 0.05) is 5.25 Å². The molecule has 1 rings (SSSR count). The molecule has 0 radical (unpaired) electrons. The summed E-state index contributed by atoms with van der Waals surface area (Å²) in [5.74, 6) is 0.784. The fraction of sp³-hybridized carbons (Fsp3) is 0.538. The molecule has 1 aromatic carbocycles. The van der Waals surface area contributed by atoms with Crippen LogP contribution in [-0.2, 0) is 6.42 Å². The van der Waals surface area contributed by atoms with Gasteiger partial charge in [0.25, 0.3) is 0 Å².